The lowest BCUT2D eigenvalue weighted by Gasteiger charge is -2.12. The topological polar surface area (TPSA) is 41.3 Å². The molecule has 1 aliphatic carbocycles. The van der Waals surface area contributed by atoms with E-state index in [-0.39, 0.29) is 0 Å². The van der Waals surface area contributed by atoms with E-state index in [2.05, 4.69) is 33.7 Å². The van der Waals surface area contributed by atoms with Crippen LogP contribution >= 0.6 is 11.3 Å². The van der Waals surface area contributed by atoms with Gasteiger partial charge in [-0.25, -0.2) is 4.98 Å². The normalized spacial score (nSPS) is 15.3. The maximum absolute atomic E-state index is 5.61. The van der Waals surface area contributed by atoms with E-state index >= 15 is 0 Å². The quantitative estimate of drug-likeness (QED) is 0.844. The van der Waals surface area contributed by atoms with Crippen LogP contribution in [-0.4, -0.2) is 23.0 Å². The van der Waals surface area contributed by atoms with Crippen molar-refractivity contribution >= 4 is 11.3 Å². The van der Waals surface area contributed by atoms with E-state index in [0.717, 1.165) is 37.1 Å². The van der Waals surface area contributed by atoms with Crippen LogP contribution in [0.4, 0.5) is 0 Å². The Kier molecular flexibility index (Phi) is 3.96. The molecule has 0 aliphatic heterocycles. The first-order valence-corrected chi connectivity index (χ1v) is 7.59. The molecule has 1 N–H and O–H groups in total. The zero-order valence-electron chi connectivity index (χ0n) is 11.1. The molecule has 0 bridgehead atoms. The molecule has 2 heterocycles. The fraction of sp³-hybridized carbons (Fsp3) is 0.500. The number of nitrogens with one attached hydrogen (secondary N) is 1. The van der Waals surface area contributed by atoms with Crippen molar-refractivity contribution in [2.45, 2.75) is 38.5 Å². The van der Waals surface area contributed by atoms with Crippen LogP contribution in [0.5, 0.6) is 0 Å². The number of furan rings is 1. The molecule has 5 heteroatoms. The molecule has 0 amide bonds. The Labute approximate surface area is 117 Å². The van der Waals surface area contributed by atoms with Gasteiger partial charge in [0.15, 0.2) is 0 Å². The van der Waals surface area contributed by atoms with E-state index in [4.69, 9.17) is 4.42 Å². The van der Waals surface area contributed by atoms with Gasteiger partial charge in [0.1, 0.15) is 5.76 Å². The summed E-state index contributed by atoms with van der Waals surface area (Å²) in [4.78, 5) is 6.51. The molecule has 19 heavy (non-hydrogen) atoms. The molecule has 1 fully saturated rings. The van der Waals surface area contributed by atoms with Crippen LogP contribution in [0, 0.1) is 0 Å². The van der Waals surface area contributed by atoms with Crippen molar-refractivity contribution in [1.82, 2.24) is 15.2 Å². The molecular weight excluding hydrogens is 258 g/mol. The lowest BCUT2D eigenvalue weighted by Crippen LogP contribution is -2.17. The summed E-state index contributed by atoms with van der Waals surface area (Å²) in [6.07, 6.45) is 4.50. The van der Waals surface area contributed by atoms with Crippen molar-refractivity contribution in [3.8, 4) is 0 Å². The fourth-order valence-electron chi connectivity index (χ4n) is 2.07. The molecule has 102 valence electrons. The molecule has 0 saturated heterocycles. The predicted octanol–water partition coefficient (Wildman–Crippen LogP) is 2.62. The third-order valence-electron chi connectivity index (χ3n) is 3.22. The summed E-state index contributed by atoms with van der Waals surface area (Å²) in [5.74, 6) is 1.02. The summed E-state index contributed by atoms with van der Waals surface area (Å²) in [6, 6.07) is 2.89. The first-order valence-electron chi connectivity index (χ1n) is 6.65. The first-order chi connectivity index (χ1) is 9.29. The van der Waals surface area contributed by atoms with Crippen LogP contribution in [0.15, 0.2) is 27.6 Å². The molecular formula is C14H19N3OS. The highest BCUT2D eigenvalue weighted by atomic mass is 32.1. The number of rotatable bonds is 7. The smallest absolute Gasteiger partial charge is 0.118 e. The molecule has 0 aromatic carbocycles. The van der Waals surface area contributed by atoms with Crippen LogP contribution in [-0.2, 0) is 19.6 Å². The van der Waals surface area contributed by atoms with Crippen molar-refractivity contribution in [1.29, 1.82) is 0 Å². The van der Waals surface area contributed by atoms with E-state index in [0.29, 0.717) is 0 Å². The highest BCUT2D eigenvalue weighted by molar-refractivity contribution is 7.07. The second-order valence-electron chi connectivity index (χ2n) is 5.23. The van der Waals surface area contributed by atoms with E-state index in [1.165, 1.54) is 18.4 Å². The molecule has 0 atom stereocenters. The highest BCUT2D eigenvalue weighted by Gasteiger charge is 2.20. The number of nitrogens with zero attached hydrogens (tertiary/aromatic N) is 2. The lowest BCUT2D eigenvalue weighted by molar-refractivity contribution is 0.285. The van der Waals surface area contributed by atoms with Gasteiger partial charge in [-0.05, 0) is 26.0 Å². The minimum absolute atomic E-state index is 0.741. The Morgan fingerprint density at radius 3 is 3.11 bits per heavy atom. The summed E-state index contributed by atoms with van der Waals surface area (Å²) < 4.78 is 5.61. The monoisotopic (exact) mass is 277 g/mol. The lowest BCUT2D eigenvalue weighted by atomic mass is 10.3. The van der Waals surface area contributed by atoms with Crippen LogP contribution in [0.2, 0.25) is 0 Å². The maximum Gasteiger partial charge on any atom is 0.118 e. The fourth-order valence-corrected chi connectivity index (χ4v) is 2.62. The Balaban J connectivity index is 1.48. The van der Waals surface area contributed by atoms with E-state index < -0.39 is 0 Å². The van der Waals surface area contributed by atoms with Crippen LogP contribution < -0.4 is 5.32 Å². The Hall–Kier alpha value is -1.17. The number of aromatic nitrogens is 1. The van der Waals surface area contributed by atoms with Gasteiger partial charge in [0.05, 0.1) is 24.0 Å². The van der Waals surface area contributed by atoms with Crippen molar-refractivity contribution in [3.63, 3.8) is 0 Å². The molecule has 2 aromatic heterocycles. The van der Waals surface area contributed by atoms with Crippen molar-refractivity contribution in [2.24, 2.45) is 0 Å². The van der Waals surface area contributed by atoms with Gasteiger partial charge in [-0.1, -0.05) is 0 Å². The molecule has 1 aliphatic rings. The van der Waals surface area contributed by atoms with Gasteiger partial charge in [0.2, 0.25) is 0 Å². The highest BCUT2D eigenvalue weighted by Crippen LogP contribution is 2.20. The van der Waals surface area contributed by atoms with Crippen LogP contribution in [0.25, 0.3) is 0 Å². The summed E-state index contributed by atoms with van der Waals surface area (Å²) in [5.41, 5.74) is 4.23. The summed E-state index contributed by atoms with van der Waals surface area (Å²) >= 11 is 1.64. The molecule has 3 rings (SSSR count). The average Bonchev–Trinajstić information content (AvgIpc) is 2.88. The number of thiazole rings is 1. The zero-order chi connectivity index (χ0) is 13.1. The molecule has 0 spiro atoms. The third kappa shape index (κ3) is 3.89. The second-order valence-corrected chi connectivity index (χ2v) is 5.95. The zero-order valence-corrected chi connectivity index (χ0v) is 11.9. The maximum atomic E-state index is 5.61. The predicted molar refractivity (Wildman–Crippen MR) is 75.9 cm³/mol. The van der Waals surface area contributed by atoms with Gasteiger partial charge in [0.25, 0.3) is 0 Å². The van der Waals surface area contributed by atoms with Crippen LogP contribution in [0.3, 0.4) is 0 Å². The van der Waals surface area contributed by atoms with Gasteiger partial charge in [-0.3, -0.25) is 4.90 Å². The van der Waals surface area contributed by atoms with Crippen LogP contribution in [0.1, 0.15) is 29.9 Å². The van der Waals surface area contributed by atoms with E-state index in [9.17, 15) is 0 Å². The first kappa shape index (κ1) is 12.8. The van der Waals surface area contributed by atoms with Gasteiger partial charge in [-0.2, -0.15) is 0 Å². The largest absolute Gasteiger partial charge is 0.468 e. The molecule has 1 saturated carbocycles. The summed E-state index contributed by atoms with van der Waals surface area (Å²) in [6.45, 7) is 2.60. The van der Waals surface area contributed by atoms with E-state index in [1.807, 2.05) is 11.8 Å². The van der Waals surface area contributed by atoms with Crippen molar-refractivity contribution < 1.29 is 4.42 Å². The molecule has 4 nitrogen and oxygen atoms in total. The Morgan fingerprint density at radius 1 is 1.47 bits per heavy atom. The molecule has 0 unspecified atom stereocenters. The van der Waals surface area contributed by atoms with Gasteiger partial charge < -0.3 is 9.73 Å². The van der Waals surface area contributed by atoms with Gasteiger partial charge >= 0.3 is 0 Å². The Bertz CT molecular complexity index is 505. The summed E-state index contributed by atoms with van der Waals surface area (Å²) in [5, 5.41) is 5.58. The molecule has 0 radical (unpaired) electrons. The molecule has 2 aromatic rings. The second kappa shape index (κ2) is 5.86. The van der Waals surface area contributed by atoms with Gasteiger partial charge in [-0.15, -0.1) is 11.3 Å². The van der Waals surface area contributed by atoms with Gasteiger partial charge in [0, 0.05) is 30.1 Å². The standard InChI is InChI=1S/C14H19N3OS/c1-17(6-13-9-19-10-16-13)7-14-4-11(8-18-14)5-15-12-2-3-12/h4,8-10,12,15H,2-3,5-7H2,1H3. The van der Waals surface area contributed by atoms with E-state index in [1.54, 1.807) is 11.3 Å². The minimum atomic E-state index is 0.741. The summed E-state index contributed by atoms with van der Waals surface area (Å²) in [7, 11) is 2.09. The minimum Gasteiger partial charge on any atom is -0.468 e. The average molecular weight is 277 g/mol. The number of hydrogen-bond donors (Lipinski definition) is 1. The third-order valence-corrected chi connectivity index (χ3v) is 3.86. The Morgan fingerprint density at radius 2 is 2.37 bits per heavy atom. The van der Waals surface area contributed by atoms with Crippen molar-refractivity contribution in [2.75, 3.05) is 7.05 Å². The SMILES string of the molecule is CN(Cc1cscn1)Cc1cc(CNC2CC2)co1. The van der Waals surface area contributed by atoms with Crippen molar-refractivity contribution in [3.05, 3.63) is 40.2 Å². The number of hydrogen-bond acceptors (Lipinski definition) is 5.